The molecule has 0 saturated heterocycles. The first-order chi connectivity index (χ1) is 9.19. The van der Waals surface area contributed by atoms with Crippen LogP contribution in [-0.2, 0) is 13.1 Å². The van der Waals surface area contributed by atoms with Gasteiger partial charge in [-0.3, -0.25) is 0 Å². The van der Waals surface area contributed by atoms with Crippen LogP contribution in [0.1, 0.15) is 26.6 Å². The number of carboxylic acid groups (broad SMARTS) is 1. The van der Waals surface area contributed by atoms with Gasteiger partial charge in [0.25, 0.3) is 0 Å². The van der Waals surface area contributed by atoms with Crippen LogP contribution in [0.15, 0.2) is 29.6 Å². The number of nitriles is 1. The molecule has 0 bridgehead atoms. The van der Waals surface area contributed by atoms with Crippen LogP contribution < -0.4 is 5.32 Å². The monoisotopic (exact) mass is 273 g/mol. The van der Waals surface area contributed by atoms with E-state index in [1.807, 2.05) is 12.1 Å². The second-order valence-electron chi connectivity index (χ2n) is 3.86. The molecule has 5 nitrogen and oxygen atoms in total. The Balaban J connectivity index is 1.85. The van der Waals surface area contributed by atoms with Crippen LogP contribution in [0.25, 0.3) is 0 Å². The highest BCUT2D eigenvalue weighted by molar-refractivity contribution is 7.11. The number of aromatic nitrogens is 1. The lowest BCUT2D eigenvalue weighted by atomic mass is 10.1. The maximum atomic E-state index is 10.7. The normalized spacial score (nSPS) is 10.1. The van der Waals surface area contributed by atoms with Crippen LogP contribution in [-0.4, -0.2) is 16.1 Å². The third-order valence-electron chi connectivity index (χ3n) is 2.45. The van der Waals surface area contributed by atoms with E-state index < -0.39 is 5.97 Å². The number of aromatic carboxylic acids is 1. The Kier molecular flexibility index (Phi) is 4.23. The topological polar surface area (TPSA) is 86.0 Å². The van der Waals surface area contributed by atoms with Gasteiger partial charge in [0, 0.05) is 18.5 Å². The van der Waals surface area contributed by atoms with E-state index in [2.05, 4.69) is 16.4 Å². The van der Waals surface area contributed by atoms with Crippen molar-refractivity contribution in [3.05, 3.63) is 51.5 Å². The molecule has 0 aliphatic rings. The summed E-state index contributed by atoms with van der Waals surface area (Å²) in [6.07, 6.45) is 0. The Hall–Kier alpha value is -2.23. The zero-order chi connectivity index (χ0) is 13.7. The van der Waals surface area contributed by atoms with Crippen LogP contribution in [0, 0.1) is 11.3 Å². The molecule has 0 spiro atoms. The summed E-state index contributed by atoms with van der Waals surface area (Å²) in [7, 11) is 0. The molecule has 96 valence electrons. The summed E-state index contributed by atoms with van der Waals surface area (Å²) in [4.78, 5) is 14.7. The van der Waals surface area contributed by atoms with Crippen LogP contribution in [0.3, 0.4) is 0 Å². The molecule has 0 amide bonds. The summed E-state index contributed by atoms with van der Waals surface area (Å²) < 4.78 is 0. The largest absolute Gasteiger partial charge is 0.476 e. The van der Waals surface area contributed by atoms with Crippen LogP contribution in [0.5, 0.6) is 0 Å². The SMILES string of the molecule is N#Cc1ccc(CNCc2csc(C(=O)O)n2)cc1. The summed E-state index contributed by atoms with van der Waals surface area (Å²) in [6.45, 7) is 1.16. The van der Waals surface area contributed by atoms with Gasteiger partial charge in [-0.1, -0.05) is 12.1 Å². The summed E-state index contributed by atoms with van der Waals surface area (Å²) in [5.41, 5.74) is 2.41. The molecule has 2 N–H and O–H groups in total. The van der Waals surface area contributed by atoms with E-state index in [-0.39, 0.29) is 5.01 Å². The summed E-state index contributed by atoms with van der Waals surface area (Å²) >= 11 is 1.12. The van der Waals surface area contributed by atoms with E-state index >= 15 is 0 Å². The van der Waals surface area contributed by atoms with Crippen molar-refractivity contribution < 1.29 is 9.90 Å². The molecule has 0 atom stereocenters. The van der Waals surface area contributed by atoms with Gasteiger partial charge < -0.3 is 10.4 Å². The summed E-state index contributed by atoms with van der Waals surface area (Å²) in [6, 6.07) is 9.37. The van der Waals surface area contributed by atoms with Gasteiger partial charge >= 0.3 is 5.97 Å². The van der Waals surface area contributed by atoms with E-state index in [9.17, 15) is 4.79 Å². The van der Waals surface area contributed by atoms with Gasteiger partial charge in [0.1, 0.15) is 0 Å². The van der Waals surface area contributed by atoms with Crippen molar-refractivity contribution in [1.82, 2.24) is 10.3 Å². The molecule has 2 rings (SSSR count). The van der Waals surface area contributed by atoms with Crippen molar-refractivity contribution in [2.24, 2.45) is 0 Å². The number of thiazole rings is 1. The Morgan fingerprint density at radius 3 is 2.68 bits per heavy atom. The van der Waals surface area contributed by atoms with E-state index in [0.717, 1.165) is 22.6 Å². The minimum Gasteiger partial charge on any atom is -0.476 e. The average Bonchev–Trinajstić information content (AvgIpc) is 2.89. The van der Waals surface area contributed by atoms with Crippen molar-refractivity contribution in [1.29, 1.82) is 5.26 Å². The van der Waals surface area contributed by atoms with Crippen molar-refractivity contribution in [3.8, 4) is 6.07 Å². The number of nitrogens with zero attached hydrogens (tertiary/aromatic N) is 2. The highest BCUT2D eigenvalue weighted by atomic mass is 32.1. The minimum atomic E-state index is -0.997. The molecule has 0 saturated carbocycles. The van der Waals surface area contributed by atoms with Crippen molar-refractivity contribution >= 4 is 17.3 Å². The van der Waals surface area contributed by atoms with Crippen LogP contribution >= 0.6 is 11.3 Å². The fraction of sp³-hybridized carbons (Fsp3) is 0.154. The Bertz CT molecular complexity index is 614. The quantitative estimate of drug-likeness (QED) is 0.870. The number of hydrogen-bond acceptors (Lipinski definition) is 5. The smallest absolute Gasteiger partial charge is 0.365 e. The van der Waals surface area contributed by atoms with Gasteiger partial charge in [-0.25, -0.2) is 9.78 Å². The molecular formula is C13H11N3O2S. The highest BCUT2D eigenvalue weighted by Crippen LogP contribution is 2.09. The molecule has 1 aromatic carbocycles. The molecule has 6 heteroatoms. The molecular weight excluding hydrogens is 262 g/mol. The third kappa shape index (κ3) is 3.61. The molecule has 0 aliphatic heterocycles. The van der Waals surface area contributed by atoms with Crippen molar-refractivity contribution in [2.75, 3.05) is 0 Å². The number of carboxylic acids is 1. The Morgan fingerprint density at radius 1 is 1.37 bits per heavy atom. The molecule has 1 aromatic heterocycles. The first kappa shape index (κ1) is 13.2. The van der Waals surface area contributed by atoms with Gasteiger partial charge in [-0.2, -0.15) is 5.26 Å². The Labute approximate surface area is 114 Å². The fourth-order valence-corrected chi connectivity index (χ4v) is 2.17. The van der Waals surface area contributed by atoms with Crippen LogP contribution in [0.4, 0.5) is 0 Å². The average molecular weight is 273 g/mol. The molecule has 19 heavy (non-hydrogen) atoms. The number of hydrogen-bond donors (Lipinski definition) is 2. The van der Waals surface area contributed by atoms with E-state index in [0.29, 0.717) is 18.7 Å². The summed E-state index contributed by atoms with van der Waals surface area (Å²) in [5.74, 6) is -0.997. The minimum absolute atomic E-state index is 0.107. The van der Waals surface area contributed by atoms with Gasteiger partial charge in [-0.15, -0.1) is 11.3 Å². The lowest BCUT2D eigenvalue weighted by molar-refractivity contribution is 0.0696. The predicted molar refractivity (Wildman–Crippen MR) is 70.8 cm³/mol. The third-order valence-corrected chi connectivity index (χ3v) is 3.33. The number of carbonyl (C=O) groups is 1. The van der Waals surface area contributed by atoms with Crippen molar-refractivity contribution in [3.63, 3.8) is 0 Å². The predicted octanol–water partition coefficient (Wildman–Crippen LogP) is 2.00. The fourth-order valence-electron chi connectivity index (χ4n) is 1.52. The first-order valence-corrected chi connectivity index (χ1v) is 6.44. The molecule has 0 fully saturated rings. The van der Waals surface area contributed by atoms with Gasteiger partial charge in [0.15, 0.2) is 0 Å². The Morgan fingerprint density at radius 2 is 2.11 bits per heavy atom. The second-order valence-corrected chi connectivity index (χ2v) is 4.72. The van der Waals surface area contributed by atoms with Gasteiger partial charge in [0.05, 0.1) is 17.3 Å². The maximum absolute atomic E-state index is 10.7. The summed E-state index contributed by atoms with van der Waals surface area (Å²) in [5, 5.41) is 22.4. The molecule has 1 heterocycles. The maximum Gasteiger partial charge on any atom is 0.365 e. The highest BCUT2D eigenvalue weighted by Gasteiger charge is 2.08. The molecule has 0 unspecified atom stereocenters. The lowest BCUT2D eigenvalue weighted by Gasteiger charge is -2.02. The number of nitrogens with one attached hydrogen (secondary N) is 1. The standard InChI is InChI=1S/C13H11N3O2S/c14-5-9-1-3-10(4-2-9)6-15-7-11-8-19-12(16-11)13(17)18/h1-4,8,15H,6-7H2,(H,17,18). The van der Waals surface area contributed by atoms with E-state index in [1.54, 1.807) is 17.5 Å². The zero-order valence-corrected chi connectivity index (χ0v) is 10.8. The van der Waals surface area contributed by atoms with Gasteiger partial charge in [-0.05, 0) is 17.7 Å². The zero-order valence-electron chi connectivity index (χ0n) is 9.96. The van der Waals surface area contributed by atoms with Crippen LogP contribution in [0.2, 0.25) is 0 Å². The van der Waals surface area contributed by atoms with Crippen molar-refractivity contribution in [2.45, 2.75) is 13.1 Å². The lowest BCUT2D eigenvalue weighted by Crippen LogP contribution is -2.13. The first-order valence-electron chi connectivity index (χ1n) is 5.56. The molecule has 0 aliphatic carbocycles. The number of benzene rings is 1. The van der Waals surface area contributed by atoms with E-state index in [1.165, 1.54) is 0 Å². The molecule has 2 aromatic rings. The van der Waals surface area contributed by atoms with E-state index in [4.69, 9.17) is 10.4 Å². The molecule has 0 radical (unpaired) electrons. The second kappa shape index (κ2) is 6.09. The number of rotatable bonds is 5. The van der Waals surface area contributed by atoms with Gasteiger partial charge in [0.2, 0.25) is 5.01 Å².